The van der Waals surface area contributed by atoms with E-state index in [2.05, 4.69) is 9.97 Å². The molecule has 5 nitrogen and oxygen atoms in total. The molecular formula is C24H20N2O3. The van der Waals surface area contributed by atoms with E-state index in [1.807, 2.05) is 97.1 Å². The fraction of sp³-hybridized carbons (Fsp3) is 0.0833. The van der Waals surface area contributed by atoms with Crippen LogP contribution >= 0.6 is 0 Å². The molecule has 0 aliphatic heterocycles. The van der Waals surface area contributed by atoms with Crippen LogP contribution in [0.1, 0.15) is 11.4 Å². The lowest BCUT2D eigenvalue weighted by Gasteiger charge is -2.08. The predicted molar refractivity (Wildman–Crippen MR) is 110 cm³/mol. The van der Waals surface area contributed by atoms with Crippen LogP contribution in [0.4, 0.5) is 0 Å². The van der Waals surface area contributed by atoms with Gasteiger partial charge in [0.2, 0.25) is 11.8 Å². The third kappa shape index (κ3) is 5.64. The maximum absolute atomic E-state index is 5.78. The number of benzene rings is 2. The van der Waals surface area contributed by atoms with Crippen molar-refractivity contribution in [3.05, 3.63) is 108 Å². The van der Waals surface area contributed by atoms with Gasteiger partial charge in [-0.1, -0.05) is 48.5 Å². The Hall–Kier alpha value is -3.70. The summed E-state index contributed by atoms with van der Waals surface area (Å²) < 4.78 is 17.3. The van der Waals surface area contributed by atoms with Gasteiger partial charge in [0, 0.05) is 12.1 Å². The second-order valence-electron chi connectivity index (χ2n) is 6.26. The molecule has 0 fully saturated rings. The molecule has 0 saturated heterocycles. The summed E-state index contributed by atoms with van der Waals surface area (Å²) in [6.07, 6.45) is 0. The van der Waals surface area contributed by atoms with Gasteiger partial charge in [-0.15, -0.1) is 0 Å². The number of pyridine rings is 2. The monoisotopic (exact) mass is 384 g/mol. The van der Waals surface area contributed by atoms with E-state index < -0.39 is 0 Å². The number of ether oxygens (including phenoxy) is 3. The van der Waals surface area contributed by atoms with Crippen molar-refractivity contribution >= 4 is 0 Å². The zero-order valence-electron chi connectivity index (χ0n) is 15.8. The van der Waals surface area contributed by atoms with Crippen LogP contribution in [0.2, 0.25) is 0 Å². The minimum atomic E-state index is 0.359. The Labute approximate surface area is 169 Å². The number of aromatic nitrogens is 2. The Bertz CT molecular complexity index is 955. The lowest BCUT2D eigenvalue weighted by molar-refractivity contribution is 0.101. The first kappa shape index (κ1) is 18.7. The van der Waals surface area contributed by atoms with E-state index in [1.54, 1.807) is 0 Å². The van der Waals surface area contributed by atoms with Crippen molar-refractivity contribution in [2.24, 2.45) is 0 Å². The van der Waals surface area contributed by atoms with Crippen LogP contribution < -0.4 is 9.47 Å². The van der Waals surface area contributed by atoms with Gasteiger partial charge >= 0.3 is 0 Å². The van der Waals surface area contributed by atoms with Crippen molar-refractivity contribution in [1.82, 2.24) is 9.97 Å². The fourth-order valence-corrected chi connectivity index (χ4v) is 2.67. The minimum absolute atomic E-state index is 0.359. The Morgan fingerprint density at radius 3 is 1.38 bits per heavy atom. The van der Waals surface area contributed by atoms with Crippen molar-refractivity contribution in [2.45, 2.75) is 13.2 Å². The zero-order valence-corrected chi connectivity index (χ0v) is 15.8. The maximum atomic E-state index is 5.78. The average Bonchev–Trinajstić information content (AvgIpc) is 2.76. The molecule has 29 heavy (non-hydrogen) atoms. The van der Waals surface area contributed by atoms with Crippen molar-refractivity contribution < 1.29 is 14.2 Å². The van der Waals surface area contributed by atoms with Gasteiger partial charge in [0.05, 0.1) is 24.6 Å². The normalized spacial score (nSPS) is 10.5. The third-order valence-corrected chi connectivity index (χ3v) is 3.99. The molecule has 0 aliphatic rings. The van der Waals surface area contributed by atoms with Gasteiger partial charge < -0.3 is 14.2 Å². The lowest BCUT2D eigenvalue weighted by atomic mass is 10.3. The Morgan fingerprint density at radius 1 is 0.483 bits per heavy atom. The number of hydrogen-bond acceptors (Lipinski definition) is 5. The van der Waals surface area contributed by atoms with Crippen LogP contribution in [0, 0.1) is 0 Å². The highest BCUT2D eigenvalue weighted by Gasteiger charge is 2.04. The molecule has 0 amide bonds. The van der Waals surface area contributed by atoms with E-state index in [0.29, 0.717) is 25.0 Å². The SMILES string of the molecule is c1ccc(Oc2cccc(COCc3cccc(Oc4ccccc4)n3)n2)cc1. The Kier molecular flexibility index (Phi) is 6.10. The fourth-order valence-electron chi connectivity index (χ4n) is 2.67. The molecule has 0 N–H and O–H groups in total. The lowest BCUT2D eigenvalue weighted by Crippen LogP contribution is -2.00. The average molecular weight is 384 g/mol. The highest BCUT2D eigenvalue weighted by Crippen LogP contribution is 2.20. The van der Waals surface area contributed by atoms with E-state index in [1.165, 1.54) is 0 Å². The molecule has 4 aromatic rings. The van der Waals surface area contributed by atoms with Gasteiger partial charge in [-0.2, -0.15) is 0 Å². The summed E-state index contributed by atoms with van der Waals surface area (Å²) in [5.41, 5.74) is 1.57. The highest BCUT2D eigenvalue weighted by molar-refractivity contribution is 5.28. The van der Waals surface area contributed by atoms with Crippen LogP contribution in [0.15, 0.2) is 97.1 Å². The smallest absolute Gasteiger partial charge is 0.219 e. The number of rotatable bonds is 8. The summed E-state index contributed by atoms with van der Waals surface area (Å²) >= 11 is 0. The van der Waals surface area contributed by atoms with Crippen LogP contribution in [0.3, 0.4) is 0 Å². The summed E-state index contributed by atoms with van der Waals surface area (Å²) in [5.74, 6) is 2.57. The summed E-state index contributed by atoms with van der Waals surface area (Å²) in [6.45, 7) is 0.717. The molecule has 2 heterocycles. The van der Waals surface area contributed by atoms with Gasteiger partial charge in [-0.05, 0) is 36.4 Å². The summed E-state index contributed by atoms with van der Waals surface area (Å²) in [7, 11) is 0. The first-order valence-electron chi connectivity index (χ1n) is 9.30. The summed E-state index contributed by atoms with van der Waals surface area (Å²) in [4.78, 5) is 8.96. The van der Waals surface area contributed by atoms with Crippen molar-refractivity contribution in [1.29, 1.82) is 0 Å². The van der Waals surface area contributed by atoms with E-state index in [-0.39, 0.29) is 0 Å². The van der Waals surface area contributed by atoms with Crippen molar-refractivity contribution in [3.63, 3.8) is 0 Å². The molecule has 0 spiro atoms. The Balaban J connectivity index is 1.32. The van der Waals surface area contributed by atoms with Gasteiger partial charge in [0.1, 0.15) is 11.5 Å². The van der Waals surface area contributed by atoms with Gasteiger partial charge in [-0.3, -0.25) is 0 Å². The highest BCUT2D eigenvalue weighted by atomic mass is 16.5. The molecule has 0 saturated carbocycles. The van der Waals surface area contributed by atoms with Crippen LogP contribution in [0.5, 0.6) is 23.3 Å². The zero-order chi connectivity index (χ0) is 19.7. The third-order valence-electron chi connectivity index (χ3n) is 3.99. The molecular weight excluding hydrogens is 364 g/mol. The van der Waals surface area contributed by atoms with Gasteiger partial charge in [0.15, 0.2) is 0 Å². The first-order chi connectivity index (χ1) is 14.3. The van der Waals surface area contributed by atoms with E-state index >= 15 is 0 Å². The molecule has 0 unspecified atom stereocenters. The van der Waals surface area contributed by atoms with E-state index in [9.17, 15) is 0 Å². The molecule has 2 aromatic carbocycles. The molecule has 0 aliphatic carbocycles. The van der Waals surface area contributed by atoms with E-state index in [0.717, 1.165) is 22.9 Å². The predicted octanol–water partition coefficient (Wildman–Crippen LogP) is 5.78. The summed E-state index contributed by atoms with van der Waals surface area (Å²) in [5, 5.41) is 0. The summed E-state index contributed by atoms with van der Waals surface area (Å²) in [6, 6.07) is 30.4. The molecule has 4 rings (SSSR count). The van der Waals surface area contributed by atoms with Crippen LogP contribution in [-0.4, -0.2) is 9.97 Å². The molecule has 5 heteroatoms. The Morgan fingerprint density at radius 2 is 0.931 bits per heavy atom. The number of nitrogens with zero attached hydrogens (tertiary/aromatic N) is 2. The van der Waals surface area contributed by atoms with Gasteiger partial charge in [0.25, 0.3) is 0 Å². The van der Waals surface area contributed by atoms with Crippen molar-refractivity contribution in [2.75, 3.05) is 0 Å². The molecule has 0 atom stereocenters. The molecule has 0 radical (unpaired) electrons. The van der Waals surface area contributed by atoms with E-state index in [4.69, 9.17) is 14.2 Å². The minimum Gasteiger partial charge on any atom is -0.439 e. The standard InChI is InChI=1S/C24H20N2O3/c1-3-11-21(12-4-1)28-23-15-7-9-19(25-23)17-27-18-20-10-8-16-24(26-20)29-22-13-5-2-6-14-22/h1-16H,17-18H2. The topological polar surface area (TPSA) is 53.5 Å². The molecule has 144 valence electrons. The quantitative estimate of drug-likeness (QED) is 0.385. The first-order valence-corrected chi connectivity index (χ1v) is 9.30. The van der Waals surface area contributed by atoms with Gasteiger partial charge in [-0.25, -0.2) is 9.97 Å². The molecule has 2 aromatic heterocycles. The van der Waals surface area contributed by atoms with Crippen LogP contribution in [-0.2, 0) is 18.0 Å². The second kappa shape index (κ2) is 9.48. The number of hydrogen-bond donors (Lipinski definition) is 0. The largest absolute Gasteiger partial charge is 0.439 e. The van der Waals surface area contributed by atoms with Crippen LogP contribution in [0.25, 0.3) is 0 Å². The maximum Gasteiger partial charge on any atom is 0.219 e. The molecule has 0 bridgehead atoms. The second-order valence-corrected chi connectivity index (χ2v) is 6.26. The number of para-hydroxylation sites is 2. The van der Waals surface area contributed by atoms with Crippen molar-refractivity contribution in [3.8, 4) is 23.3 Å².